The normalized spacial score (nSPS) is 14.9. The summed E-state index contributed by atoms with van der Waals surface area (Å²) in [5.41, 5.74) is 1.20. The molecule has 1 aromatic heterocycles. The van der Waals surface area contributed by atoms with Crippen molar-refractivity contribution in [1.29, 1.82) is 0 Å². The highest BCUT2D eigenvalue weighted by atomic mass is 16.5. The average molecular weight is 235 g/mol. The standard InChI is InChI=1S/C13H21N3O/c1-3-14-13-9-11(10-5-6-10)15-12(16-13)7-8-17-4-2/h9-10H,3-8H2,1-2H3,(H,14,15,16). The van der Waals surface area contributed by atoms with Gasteiger partial charge in [0.1, 0.15) is 11.6 Å². The lowest BCUT2D eigenvalue weighted by Crippen LogP contribution is -2.08. The van der Waals surface area contributed by atoms with Crippen molar-refractivity contribution in [2.75, 3.05) is 25.1 Å². The number of nitrogens with one attached hydrogen (secondary N) is 1. The highest BCUT2D eigenvalue weighted by Gasteiger charge is 2.26. The van der Waals surface area contributed by atoms with E-state index in [1.54, 1.807) is 0 Å². The summed E-state index contributed by atoms with van der Waals surface area (Å²) in [6.45, 7) is 6.44. The van der Waals surface area contributed by atoms with E-state index in [1.807, 2.05) is 6.92 Å². The molecule has 0 aliphatic heterocycles. The van der Waals surface area contributed by atoms with E-state index in [9.17, 15) is 0 Å². The summed E-state index contributed by atoms with van der Waals surface area (Å²) in [6.07, 6.45) is 3.34. The van der Waals surface area contributed by atoms with Gasteiger partial charge in [-0.05, 0) is 26.7 Å². The van der Waals surface area contributed by atoms with Crippen LogP contribution < -0.4 is 5.32 Å². The predicted molar refractivity (Wildman–Crippen MR) is 68.4 cm³/mol. The summed E-state index contributed by atoms with van der Waals surface area (Å²) in [5, 5.41) is 3.27. The van der Waals surface area contributed by atoms with Gasteiger partial charge in [0.15, 0.2) is 0 Å². The van der Waals surface area contributed by atoms with Crippen LogP contribution >= 0.6 is 0 Å². The highest BCUT2D eigenvalue weighted by molar-refractivity contribution is 5.38. The molecule has 0 radical (unpaired) electrons. The maximum absolute atomic E-state index is 5.35. The van der Waals surface area contributed by atoms with E-state index in [2.05, 4.69) is 28.3 Å². The second kappa shape index (κ2) is 5.96. The minimum absolute atomic E-state index is 0.668. The van der Waals surface area contributed by atoms with Crippen LogP contribution in [-0.2, 0) is 11.2 Å². The monoisotopic (exact) mass is 235 g/mol. The summed E-state index contributed by atoms with van der Waals surface area (Å²) >= 11 is 0. The fraction of sp³-hybridized carbons (Fsp3) is 0.692. The van der Waals surface area contributed by atoms with Crippen molar-refractivity contribution >= 4 is 5.82 Å². The van der Waals surface area contributed by atoms with E-state index in [0.717, 1.165) is 31.2 Å². The molecule has 4 nitrogen and oxygen atoms in total. The van der Waals surface area contributed by atoms with Crippen LogP contribution in [0.2, 0.25) is 0 Å². The Labute approximate surface area is 103 Å². The molecule has 1 saturated carbocycles. The van der Waals surface area contributed by atoms with Gasteiger partial charge >= 0.3 is 0 Å². The molecule has 1 fully saturated rings. The second-order valence-electron chi connectivity index (χ2n) is 4.35. The van der Waals surface area contributed by atoms with E-state index in [4.69, 9.17) is 4.74 Å². The first kappa shape index (κ1) is 12.3. The molecule has 0 saturated heterocycles. The maximum Gasteiger partial charge on any atom is 0.133 e. The molecule has 17 heavy (non-hydrogen) atoms. The van der Waals surface area contributed by atoms with Gasteiger partial charge in [-0.1, -0.05) is 0 Å². The van der Waals surface area contributed by atoms with Gasteiger partial charge in [0.05, 0.1) is 6.61 Å². The Morgan fingerprint density at radius 2 is 2.18 bits per heavy atom. The molecular weight excluding hydrogens is 214 g/mol. The molecule has 0 spiro atoms. The predicted octanol–water partition coefficient (Wildman–Crippen LogP) is 2.36. The van der Waals surface area contributed by atoms with Crippen molar-refractivity contribution in [3.63, 3.8) is 0 Å². The molecule has 1 heterocycles. The molecule has 0 bridgehead atoms. The van der Waals surface area contributed by atoms with Gasteiger partial charge in [0.2, 0.25) is 0 Å². The van der Waals surface area contributed by atoms with Crippen molar-refractivity contribution in [2.45, 2.75) is 39.0 Å². The molecule has 1 aliphatic rings. The second-order valence-corrected chi connectivity index (χ2v) is 4.35. The fourth-order valence-electron chi connectivity index (χ4n) is 1.80. The third-order valence-corrected chi connectivity index (χ3v) is 2.82. The van der Waals surface area contributed by atoms with Crippen LogP contribution in [0.25, 0.3) is 0 Å². The molecule has 0 unspecified atom stereocenters. The Balaban J connectivity index is 2.06. The zero-order valence-corrected chi connectivity index (χ0v) is 10.7. The van der Waals surface area contributed by atoms with Gasteiger partial charge < -0.3 is 10.1 Å². The lowest BCUT2D eigenvalue weighted by Gasteiger charge is -2.08. The van der Waals surface area contributed by atoms with Gasteiger partial charge in [-0.25, -0.2) is 9.97 Å². The smallest absolute Gasteiger partial charge is 0.133 e. The zero-order valence-electron chi connectivity index (χ0n) is 10.7. The van der Waals surface area contributed by atoms with Crippen LogP contribution in [-0.4, -0.2) is 29.7 Å². The Kier molecular flexibility index (Phi) is 4.31. The number of nitrogens with zero attached hydrogens (tertiary/aromatic N) is 2. The number of anilines is 1. The number of hydrogen-bond acceptors (Lipinski definition) is 4. The Morgan fingerprint density at radius 3 is 2.82 bits per heavy atom. The van der Waals surface area contributed by atoms with Gasteiger partial charge in [-0.3, -0.25) is 0 Å². The summed E-state index contributed by atoms with van der Waals surface area (Å²) < 4.78 is 5.35. The first-order valence-electron chi connectivity index (χ1n) is 6.53. The zero-order chi connectivity index (χ0) is 12.1. The topological polar surface area (TPSA) is 47.0 Å². The van der Waals surface area contributed by atoms with Crippen molar-refractivity contribution in [2.24, 2.45) is 0 Å². The lowest BCUT2D eigenvalue weighted by atomic mass is 10.2. The molecule has 1 aliphatic carbocycles. The van der Waals surface area contributed by atoms with E-state index < -0.39 is 0 Å². The summed E-state index contributed by atoms with van der Waals surface area (Å²) in [7, 11) is 0. The third kappa shape index (κ3) is 3.66. The van der Waals surface area contributed by atoms with Crippen molar-refractivity contribution < 1.29 is 4.74 Å². The number of ether oxygens (including phenoxy) is 1. The molecule has 0 amide bonds. The van der Waals surface area contributed by atoms with Crippen molar-refractivity contribution in [1.82, 2.24) is 9.97 Å². The molecule has 2 rings (SSSR count). The van der Waals surface area contributed by atoms with Gasteiger partial charge in [-0.2, -0.15) is 0 Å². The summed E-state index contributed by atoms with van der Waals surface area (Å²) in [4.78, 5) is 9.12. The molecule has 0 aromatic carbocycles. The van der Waals surface area contributed by atoms with Crippen LogP contribution in [0.1, 0.15) is 44.1 Å². The van der Waals surface area contributed by atoms with Crippen LogP contribution in [0.3, 0.4) is 0 Å². The minimum atomic E-state index is 0.668. The van der Waals surface area contributed by atoms with E-state index in [-0.39, 0.29) is 0 Å². The van der Waals surface area contributed by atoms with Gasteiger partial charge in [-0.15, -0.1) is 0 Å². The molecule has 0 atom stereocenters. The third-order valence-electron chi connectivity index (χ3n) is 2.82. The van der Waals surface area contributed by atoms with E-state index >= 15 is 0 Å². The Bertz CT molecular complexity index is 364. The van der Waals surface area contributed by atoms with E-state index in [0.29, 0.717) is 12.5 Å². The lowest BCUT2D eigenvalue weighted by molar-refractivity contribution is 0.149. The average Bonchev–Trinajstić information content (AvgIpc) is 3.13. The van der Waals surface area contributed by atoms with Crippen LogP contribution in [0.5, 0.6) is 0 Å². The van der Waals surface area contributed by atoms with Crippen molar-refractivity contribution in [3.8, 4) is 0 Å². The van der Waals surface area contributed by atoms with Crippen LogP contribution in [0.4, 0.5) is 5.82 Å². The Hall–Kier alpha value is -1.16. The fourth-order valence-corrected chi connectivity index (χ4v) is 1.80. The molecule has 1 N–H and O–H groups in total. The largest absolute Gasteiger partial charge is 0.381 e. The van der Waals surface area contributed by atoms with Gasteiger partial charge in [0.25, 0.3) is 0 Å². The van der Waals surface area contributed by atoms with Crippen LogP contribution in [0.15, 0.2) is 6.07 Å². The Morgan fingerprint density at radius 1 is 1.35 bits per heavy atom. The van der Waals surface area contributed by atoms with E-state index in [1.165, 1.54) is 18.5 Å². The molecular formula is C13H21N3O. The first-order valence-corrected chi connectivity index (χ1v) is 6.53. The molecule has 4 heteroatoms. The highest BCUT2D eigenvalue weighted by Crippen LogP contribution is 2.39. The van der Waals surface area contributed by atoms with Crippen LogP contribution in [0, 0.1) is 0 Å². The first-order chi connectivity index (χ1) is 8.33. The number of hydrogen-bond donors (Lipinski definition) is 1. The molecule has 94 valence electrons. The summed E-state index contributed by atoms with van der Waals surface area (Å²) in [6, 6.07) is 2.09. The summed E-state index contributed by atoms with van der Waals surface area (Å²) in [5.74, 6) is 2.52. The maximum atomic E-state index is 5.35. The molecule has 1 aromatic rings. The quantitative estimate of drug-likeness (QED) is 0.737. The van der Waals surface area contributed by atoms with Crippen molar-refractivity contribution in [3.05, 3.63) is 17.6 Å². The SMILES string of the molecule is CCNc1cc(C2CC2)nc(CCOCC)n1. The number of rotatable bonds is 7. The minimum Gasteiger partial charge on any atom is -0.381 e. The van der Waals surface area contributed by atoms with Gasteiger partial charge in [0, 0.05) is 37.3 Å². The number of aromatic nitrogens is 2.